The van der Waals surface area contributed by atoms with Gasteiger partial charge in [-0.15, -0.1) is 0 Å². The number of benzene rings is 1. The molecular weight excluding hydrogens is 260 g/mol. The van der Waals surface area contributed by atoms with Gasteiger partial charge in [0.1, 0.15) is 0 Å². The Morgan fingerprint density at radius 1 is 1.38 bits per heavy atom. The summed E-state index contributed by atoms with van der Waals surface area (Å²) in [4.78, 5) is 11.4. The highest BCUT2D eigenvalue weighted by atomic mass is 16.1. The van der Waals surface area contributed by atoms with E-state index in [1.165, 1.54) is 17.6 Å². The summed E-state index contributed by atoms with van der Waals surface area (Å²) in [6.45, 7) is 3.05. The minimum absolute atomic E-state index is 0.187. The number of hydrogen-bond acceptors (Lipinski definition) is 2. The van der Waals surface area contributed by atoms with Crippen molar-refractivity contribution in [2.24, 2.45) is 5.92 Å². The van der Waals surface area contributed by atoms with Crippen LogP contribution in [0.15, 0.2) is 35.9 Å². The van der Waals surface area contributed by atoms with Crippen LogP contribution in [0.5, 0.6) is 0 Å². The maximum atomic E-state index is 11.4. The van der Waals surface area contributed by atoms with E-state index >= 15 is 0 Å². The molecule has 2 aliphatic rings. The lowest BCUT2D eigenvalue weighted by molar-refractivity contribution is -0.122. The highest BCUT2D eigenvalue weighted by molar-refractivity contribution is 5.77. The van der Waals surface area contributed by atoms with Gasteiger partial charge in [0, 0.05) is 25.0 Å². The number of carbonyl (C=O) groups excluding carboxylic acids is 1. The summed E-state index contributed by atoms with van der Waals surface area (Å²) in [6, 6.07) is 11.5. The Morgan fingerprint density at radius 3 is 2.90 bits per heavy atom. The van der Waals surface area contributed by atoms with Gasteiger partial charge in [-0.1, -0.05) is 48.9 Å². The first-order valence-electron chi connectivity index (χ1n) is 8.04. The van der Waals surface area contributed by atoms with Crippen molar-refractivity contribution in [3.05, 3.63) is 41.5 Å². The average Bonchev–Trinajstić information content (AvgIpc) is 3.25. The molecule has 3 heteroatoms. The van der Waals surface area contributed by atoms with E-state index in [0.29, 0.717) is 24.4 Å². The van der Waals surface area contributed by atoms with Crippen LogP contribution in [-0.4, -0.2) is 24.5 Å². The number of piperidine rings is 1. The third-order valence-corrected chi connectivity index (χ3v) is 4.52. The van der Waals surface area contributed by atoms with Gasteiger partial charge in [-0.2, -0.15) is 0 Å². The van der Waals surface area contributed by atoms with Crippen LogP contribution in [0, 0.1) is 5.92 Å². The largest absolute Gasteiger partial charge is 0.356 e. The first-order chi connectivity index (χ1) is 10.3. The summed E-state index contributed by atoms with van der Waals surface area (Å²) in [6.07, 6.45) is 6.33. The Hall–Kier alpha value is -1.61. The zero-order chi connectivity index (χ0) is 14.7. The summed E-state index contributed by atoms with van der Waals surface area (Å²) in [5, 5.41) is 6.57. The number of carbonyl (C=O) groups is 1. The van der Waals surface area contributed by atoms with E-state index < -0.39 is 0 Å². The van der Waals surface area contributed by atoms with Crippen molar-refractivity contribution in [2.75, 3.05) is 6.54 Å². The molecule has 1 saturated heterocycles. The fraction of sp³-hybridized carbons (Fsp3) is 0.500. The van der Waals surface area contributed by atoms with E-state index in [9.17, 15) is 4.79 Å². The van der Waals surface area contributed by atoms with E-state index in [1.807, 2.05) is 0 Å². The Bertz CT molecular complexity index is 523. The maximum Gasteiger partial charge on any atom is 0.221 e. The molecule has 1 aliphatic heterocycles. The molecule has 0 aromatic heterocycles. The maximum absolute atomic E-state index is 11.4. The predicted molar refractivity (Wildman–Crippen MR) is 85.8 cm³/mol. The van der Waals surface area contributed by atoms with Crippen LogP contribution >= 0.6 is 0 Å². The van der Waals surface area contributed by atoms with Gasteiger partial charge in [0.2, 0.25) is 5.91 Å². The monoisotopic (exact) mass is 284 g/mol. The van der Waals surface area contributed by atoms with Gasteiger partial charge >= 0.3 is 0 Å². The predicted octanol–water partition coefficient (Wildman–Crippen LogP) is 2.74. The Morgan fingerprint density at radius 2 is 2.19 bits per heavy atom. The minimum Gasteiger partial charge on any atom is -0.356 e. The zero-order valence-corrected chi connectivity index (χ0v) is 12.6. The second kappa shape index (κ2) is 6.44. The van der Waals surface area contributed by atoms with E-state index in [-0.39, 0.29) is 5.91 Å². The molecule has 3 atom stereocenters. The highest BCUT2D eigenvalue weighted by Gasteiger charge is 2.40. The second-order valence-corrected chi connectivity index (χ2v) is 6.14. The zero-order valence-electron chi connectivity index (χ0n) is 12.6. The Labute approximate surface area is 126 Å². The first kappa shape index (κ1) is 14.3. The van der Waals surface area contributed by atoms with Gasteiger partial charge in [-0.25, -0.2) is 0 Å². The smallest absolute Gasteiger partial charge is 0.221 e. The summed E-state index contributed by atoms with van der Waals surface area (Å²) in [5.41, 5.74) is 2.82. The number of rotatable bonds is 5. The lowest BCUT2D eigenvalue weighted by Gasteiger charge is -2.23. The third-order valence-electron chi connectivity index (χ3n) is 4.52. The second-order valence-electron chi connectivity index (χ2n) is 6.14. The summed E-state index contributed by atoms with van der Waals surface area (Å²) < 4.78 is 0. The Kier molecular flexibility index (Phi) is 4.39. The molecular formula is C18H24N2O. The lowest BCUT2D eigenvalue weighted by Crippen LogP contribution is -2.44. The quantitative estimate of drug-likeness (QED) is 0.873. The van der Waals surface area contributed by atoms with Crippen LogP contribution < -0.4 is 10.6 Å². The molecule has 112 valence electrons. The van der Waals surface area contributed by atoms with Crippen molar-refractivity contribution in [3.63, 3.8) is 0 Å². The van der Waals surface area contributed by atoms with Gasteiger partial charge in [-0.3, -0.25) is 4.79 Å². The van der Waals surface area contributed by atoms with Crippen molar-refractivity contribution in [2.45, 2.75) is 44.7 Å². The SMILES string of the molecule is CC/C(=C\c1ccccc1)[C@@H]1C[C@H]1N[C@H]1CCNC(=O)C1. The van der Waals surface area contributed by atoms with Gasteiger partial charge < -0.3 is 10.6 Å². The highest BCUT2D eigenvalue weighted by Crippen LogP contribution is 2.40. The van der Waals surface area contributed by atoms with Crippen molar-refractivity contribution in [1.29, 1.82) is 0 Å². The molecule has 1 aliphatic carbocycles. The normalized spacial score (nSPS) is 29.1. The van der Waals surface area contributed by atoms with Gasteiger partial charge in [0.05, 0.1) is 0 Å². The summed E-state index contributed by atoms with van der Waals surface area (Å²) in [5.74, 6) is 0.840. The van der Waals surface area contributed by atoms with Crippen LogP contribution in [0.4, 0.5) is 0 Å². The Balaban J connectivity index is 1.58. The molecule has 2 fully saturated rings. The van der Waals surface area contributed by atoms with E-state index in [0.717, 1.165) is 19.4 Å². The molecule has 21 heavy (non-hydrogen) atoms. The van der Waals surface area contributed by atoms with Crippen molar-refractivity contribution >= 4 is 12.0 Å². The van der Waals surface area contributed by atoms with Crippen LogP contribution in [0.3, 0.4) is 0 Å². The van der Waals surface area contributed by atoms with E-state index in [1.54, 1.807) is 0 Å². The molecule has 0 spiro atoms. The number of amides is 1. The topological polar surface area (TPSA) is 41.1 Å². The van der Waals surface area contributed by atoms with Crippen LogP contribution in [0.25, 0.3) is 6.08 Å². The molecule has 3 rings (SSSR count). The summed E-state index contributed by atoms with van der Waals surface area (Å²) >= 11 is 0. The first-order valence-corrected chi connectivity index (χ1v) is 8.04. The third kappa shape index (κ3) is 3.73. The van der Waals surface area contributed by atoms with E-state index in [4.69, 9.17) is 0 Å². The fourth-order valence-corrected chi connectivity index (χ4v) is 3.25. The summed E-state index contributed by atoms with van der Waals surface area (Å²) in [7, 11) is 0. The molecule has 1 aromatic rings. The van der Waals surface area contributed by atoms with E-state index in [2.05, 4.69) is 54.0 Å². The molecule has 0 unspecified atom stereocenters. The van der Waals surface area contributed by atoms with Gasteiger partial charge in [0.25, 0.3) is 0 Å². The molecule has 1 heterocycles. The number of hydrogen-bond donors (Lipinski definition) is 2. The molecule has 1 saturated carbocycles. The van der Waals surface area contributed by atoms with Crippen molar-refractivity contribution in [1.82, 2.24) is 10.6 Å². The standard InChI is InChI=1S/C18H24N2O/c1-2-14(10-13-6-4-3-5-7-13)16-12-17(16)20-15-8-9-19-18(21)11-15/h3-7,10,15-17,20H,2,8-9,11-12H2,1H3,(H,19,21)/b14-10+/t15-,16-,17+/m0/s1. The van der Waals surface area contributed by atoms with Crippen LogP contribution in [-0.2, 0) is 4.79 Å². The minimum atomic E-state index is 0.187. The average molecular weight is 284 g/mol. The van der Waals surface area contributed by atoms with Gasteiger partial charge in [0.15, 0.2) is 0 Å². The fourth-order valence-electron chi connectivity index (χ4n) is 3.25. The molecule has 1 aromatic carbocycles. The molecule has 1 amide bonds. The molecule has 0 radical (unpaired) electrons. The molecule has 3 nitrogen and oxygen atoms in total. The molecule has 2 N–H and O–H groups in total. The van der Waals surface area contributed by atoms with Gasteiger partial charge in [-0.05, 0) is 30.7 Å². The van der Waals surface area contributed by atoms with Crippen molar-refractivity contribution in [3.8, 4) is 0 Å². The van der Waals surface area contributed by atoms with Crippen LogP contribution in [0.1, 0.15) is 38.2 Å². The molecule has 0 bridgehead atoms. The lowest BCUT2D eigenvalue weighted by atomic mass is 10.0. The van der Waals surface area contributed by atoms with Crippen LogP contribution in [0.2, 0.25) is 0 Å². The van der Waals surface area contributed by atoms with Crippen molar-refractivity contribution < 1.29 is 4.79 Å². The number of nitrogens with one attached hydrogen (secondary N) is 2.